The molecule has 0 aliphatic carbocycles. The summed E-state index contributed by atoms with van der Waals surface area (Å²) in [5.41, 5.74) is 3.89. The molecule has 132 valence electrons. The third-order valence-corrected chi connectivity index (χ3v) is 5.43. The fourth-order valence-corrected chi connectivity index (χ4v) is 4.02. The molecule has 0 atom stereocenters. The van der Waals surface area contributed by atoms with Crippen molar-refractivity contribution < 1.29 is 4.74 Å². The minimum atomic E-state index is 0.507. The Morgan fingerprint density at radius 3 is 2.38 bits per heavy atom. The molecule has 0 fully saturated rings. The zero-order valence-electron chi connectivity index (χ0n) is 14.0. The molecule has 0 bridgehead atoms. The van der Waals surface area contributed by atoms with Crippen LogP contribution >= 0.6 is 43.5 Å². The van der Waals surface area contributed by atoms with Crippen molar-refractivity contribution in [2.24, 2.45) is 4.99 Å². The van der Waals surface area contributed by atoms with Gasteiger partial charge in [0.1, 0.15) is 12.4 Å². The first-order chi connectivity index (χ1) is 12.5. The lowest BCUT2D eigenvalue weighted by Crippen LogP contribution is -1.97. The second kappa shape index (κ2) is 8.85. The van der Waals surface area contributed by atoms with Gasteiger partial charge in [-0.05, 0) is 79.7 Å². The van der Waals surface area contributed by atoms with E-state index in [0.717, 1.165) is 37.1 Å². The highest BCUT2D eigenvalue weighted by atomic mass is 79.9. The zero-order chi connectivity index (χ0) is 18.5. The van der Waals surface area contributed by atoms with Crippen molar-refractivity contribution in [2.75, 3.05) is 0 Å². The summed E-state index contributed by atoms with van der Waals surface area (Å²) in [6.45, 7) is 2.47. The van der Waals surface area contributed by atoms with E-state index < -0.39 is 0 Å². The third kappa shape index (κ3) is 4.76. The molecule has 5 heteroatoms. The summed E-state index contributed by atoms with van der Waals surface area (Å²) in [6.07, 6.45) is 1.81. The maximum atomic E-state index is 6.15. The molecular weight excluding hydrogens is 477 g/mol. The average Bonchev–Trinajstić information content (AvgIpc) is 2.63. The molecule has 3 rings (SSSR count). The number of ether oxygens (including phenoxy) is 1. The van der Waals surface area contributed by atoms with Gasteiger partial charge in [0.15, 0.2) is 0 Å². The Morgan fingerprint density at radius 1 is 1.00 bits per heavy atom. The molecule has 3 aromatic rings. The molecule has 26 heavy (non-hydrogen) atoms. The van der Waals surface area contributed by atoms with Crippen LogP contribution in [0.3, 0.4) is 0 Å². The van der Waals surface area contributed by atoms with E-state index in [-0.39, 0.29) is 0 Å². The van der Waals surface area contributed by atoms with E-state index >= 15 is 0 Å². The summed E-state index contributed by atoms with van der Waals surface area (Å²) in [4.78, 5) is 4.55. The quantitative estimate of drug-likeness (QED) is 0.337. The molecule has 0 heterocycles. The van der Waals surface area contributed by atoms with Crippen LogP contribution in [0.15, 0.2) is 74.6 Å². The predicted octanol–water partition coefficient (Wildman–Crippen LogP) is 7.50. The van der Waals surface area contributed by atoms with E-state index in [1.54, 1.807) is 0 Å². The van der Waals surface area contributed by atoms with E-state index in [0.29, 0.717) is 11.6 Å². The van der Waals surface area contributed by atoms with E-state index in [1.165, 1.54) is 0 Å². The van der Waals surface area contributed by atoms with Crippen molar-refractivity contribution in [1.82, 2.24) is 0 Å². The van der Waals surface area contributed by atoms with Gasteiger partial charge in [-0.3, -0.25) is 4.99 Å². The molecule has 0 saturated carbocycles. The topological polar surface area (TPSA) is 21.6 Å². The van der Waals surface area contributed by atoms with Gasteiger partial charge >= 0.3 is 0 Å². The average molecular weight is 494 g/mol. The molecule has 0 aliphatic rings. The van der Waals surface area contributed by atoms with Crippen molar-refractivity contribution in [2.45, 2.75) is 13.5 Å². The van der Waals surface area contributed by atoms with Crippen LogP contribution in [0, 0.1) is 6.92 Å². The highest BCUT2D eigenvalue weighted by Crippen LogP contribution is 2.35. The van der Waals surface area contributed by atoms with Gasteiger partial charge in [0.05, 0.1) is 14.6 Å². The number of hydrogen-bond acceptors (Lipinski definition) is 2. The van der Waals surface area contributed by atoms with Crippen molar-refractivity contribution in [3.8, 4) is 5.75 Å². The maximum Gasteiger partial charge on any atom is 0.148 e. The monoisotopic (exact) mass is 491 g/mol. The van der Waals surface area contributed by atoms with Gasteiger partial charge in [-0.15, -0.1) is 0 Å². The largest absolute Gasteiger partial charge is 0.487 e. The van der Waals surface area contributed by atoms with Gasteiger partial charge in [-0.1, -0.05) is 48.0 Å². The molecule has 0 aromatic heterocycles. The van der Waals surface area contributed by atoms with Crippen LogP contribution in [0.25, 0.3) is 0 Å². The summed E-state index contributed by atoms with van der Waals surface area (Å²) < 4.78 is 7.69. The molecule has 0 spiro atoms. The summed E-state index contributed by atoms with van der Waals surface area (Å²) in [5.74, 6) is 0.768. The first-order valence-corrected chi connectivity index (χ1v) is 9.96. The molecule has 0 radical (unpaired) electrons. The second-order valence-corrected chi connectivity index (χ2v) is 7.85. The molecule has 0 aliphatic heterocycles. The van der Waals surface area contributed by atoms with Crippen LogP contribution in [0.4, 0.5) is 5.69 Å². The SMILES string of the molecule is Cc1c(Cl)cccc1N=Cc1cc(Br)c(OCc2ccccc2)c(Br)c1. The van der Waals surface area contributed by atoms with Crippen LogP contribution in [-0.4, -0.2) is 6.21 Å². The second-order valence-electron chi connectivity index (χ2n) is 5.73. The smallest absolute Gasteiger partial charge is 0.148 e. The summed E-state index contributed by atoms with van der Waals surface area (Å²) >= 11 is 13.3. The number of hydrogen-bond donors (Lipinski definition) is 0. The minimum absolute atomic E-state index is 0.507. The maximum absolute atomic E-state index is 6.15. The summed E-state index contributed by atoms with van der Waals surface area (Å²) in [5, 5.41) is 0.715. The molecule has 0 saturated heterocycles. The van der Waals surface area contributed by atoms with E-state index in [9.17, 15) is 0 Å². The Morgan fingerprint density at radius 2 is 1.69 bits per heavy atom. The van der Waals surface area contributed by atoms with Crippen LogP contribution < -0.4 is 4.74 Å². The van der Waals surface area contributed by atoms with Crippen molar-refractivity contribution in [1.29, 1.82) is 0 Å². The Bertz CT molecular complexity index is 919. The molecule has 2 nitrogen and oxygen atoms in total. The van der Waals surface area contributed by atoms with Gasteiger partial charge in [0.25, 0.3) is 0 Å². The number of aliphatic imine (C=N–C) groups is 1. The minimum Gasteiger partial charge on any atom is -0.487 e. The Hall–Kier alpha value is -1.62. The summed E-state index contributed by atoms with van der Waals surface area (Å²) in [6, 6.07) is 19.7. The number of nitrogens with zero attached hydrogens (tertiary/aromatic N) is 1. The highest BCUT2D eigenvalue weighted by molar-refractivity contribution is 9.11. The Balaban J connectivity index is 1.78. The normalized spacial score (nSPS) is 11.1. The fourth-order valence-electron chi connectivity index (χ4n) is 2.40. The number of rotatable bonds is 5. The van der Waals surface area contributed by atoms with E-state index in [2.05, 4.69) is 36.9 Å². The lowest BCUT2D eigenvalue weighted by Gasteiger charge is -2.11. The highest BCUT2D eigenvalue weighted by Gasteiger charge is 2.09. The first kappa shape index (κ1) is 19.2. The number of halogens is 3. The van der Waals surface area contributed by atoms with Gasteiger partial charge in [0.2, 0.25) is 0 Å². The number of benzene rings is 3. The fraction of sp³-hybridized carbons (Fsp3) is 0.0952. The molecule has 3 aromatic carbocycles. The lowest BCUT2D eigenvalue weighted by molar-refractivity contribution is 0.302. The summed E-state index contributed by atoms with van der Waals surface area (Å²) in [7, 11) is 0. The molecular formula is C21H16Br2ClNO. The standard InChI is InChI=1S/C21H16Br2ClNO/c1-14-19(24)8-5-9-20(14)25-12-16-10-17(22)21(18(23)11-16)26-13-15-6-3-2-4-7-15/h2-12H,13H2,1H3. The van der Waals surface area contributed by atoms with E-state index in [1.807, 2.05) is 73.8 Å². The Kier molecular flexibility index (Phi) is 6.52. The van der Waals surface area contributed by atoms with E-state index in [4.69, 9.17) is 16.3 Å². The van der Waals surface area contributed by atoms with Gasteiger partial charge in [-0.25, -0.2) is 0 Å². The van der Waals surface area contributed by atoms with Crippen molar-refractivity contribution >= 4 is 55.4 Å². The van der Waals surface area contributed by atoms with Crippen LogP contribution in [0.2, 0.25) is 5.02 Å². The lowest BCUT2D eigenvalue weighted by atomic mass is 10.2. The third-order valence-electron chi connectivity index (χ3n) is 3.84. The van der Waals surface area contributed by atoms with Crippen LogP contribution in [0.5, 0.6) is 5.75 Å². The van der Waals surface area contributed by atoms with Crippen LogP contribution in [-0.2, 0) is 6.61 Å². The Labute approximate surface area is 175 Å². The molecule has 0 N–H and O–H groups in total. The van der Waals surface area contributed by atoms with Crippen molar-refractivity contribution in [3.63, 3.8) is 0 Å². The first-order valence-electron chi connectivity index (χ1n) is 7.99. The van der Waals surface area contributed by atoms with Gasteiger partial charge in [0, 0.05) is 11.2 Å². The van der Waals surface area contributed by atoms with Crippen molar-refractivity contribution in [3.05, 3.63) is 91.3 Å². The van der Waals surface area contributed by atoms with Gasteiger partial charge < -0.3 is 4.74 Å². The zero-order valence-corrected chi connectivity index (χ0v) is 18.0. The molecule has 0 unspecified atom stereocenters. The predicted molar refractivity (Wildman–Crippen MR) is 116 cm³/mol. The van der Waals surface area contributed by atoms with Crippen LogP contribution in [0.1, 0.15) is 16.7 Å². The van der Waals surface area contributed by atoms with Gasteiger partial charge in [-0.2, -0.15) is 0 Å². The molecule has 0 amide bonds.